The summed E-state index contributed by atoms with van der Waals surface area (Å²) in [5, 5.41) is 13.1. The number of carbonyl (C=O) groups excluding carboxylic acids is 1. The summed E-state index contributed by atoms with van der Waals surface area (Å²) in [5.41, 5.74) is 0.974. The van der Waals surface area contributed by atoms with Gasteiger partial charge < -0.3 is 15.2 Å². The molecule has 1 aromatic carbocycles. The van der Waals surface area contributed by atoms with Crippen LogP contribution in [0.25, 0.3) is 0 Å². The van der Waals surface area contributed by atoms with Crippen LogP contribution in [0.3, 0.4) is 0 Å². The van der Waals surface area contributed by atoms with Crippen LogP contribution in [-0.2, 0) is 16.0 Å². The molecule has 0 aromatic heterocycles. The summed E-state index contributed by atoms with van der Waals surface area (Å²) >= 11 is 0. The average molecular weight is 261 g/mol. The first kappa shape index (κ1) is 12.6. The van der Waals surface area contributed by atoms with Gasteiger partial charge in [0.1, 0.15) is 6.10 Å². The SMILES string of the molecule is O=C(Cc1ccccc1)OC1CC2CC(O)CC1N2. The minimum atomic E-state index is -0.255. The minimum absolute atomic E-state index is 0.0848. The van der Waals surface area contributed by atoms with Crippen molar-refractivity contribution in [1.29, 1.82) is 0 Å². The van der Waals surface area contributed by atoms with Gasteiger partial charge in [0.15, 0.2) is 0 Å². The molecule has 2 bridgehead atoms. The molecule has 2 aliphatic heterocycles. The molecule has 4 atom stereocenters. The predicted octanol–water partition coefficient (Wildman–Crippen LogP) is 1.03. The third-order valence-electron chi connectivity index (χ3n) is 3.97. The van der Waals surface area contributed by atoms with Crippen LogP contribution in [0, 0.1) is 0 Å². The predicted molar refractivity (Wildman–Crippen MR) is 70.6 cm³/mol. The molecule has 2 N–H and O–H groups in total. The van der Waals surface area contributed by atoms with Gasteiger partial charge in [-0.25, -0.2) is 0 Å². The normalized spacial score (nSPS) is 33.1. The molecule has 19 heavy (non-hydrogen) atoms. The lowest BCUT2D eigenvalue weighted by Gasteiger charge is -2.26. The number of nitrogens with one attached hydrogen (secondary N) is 1. The molecule has 2 aliphatic rings. The molecule has 1 aromatic rings. The molecule has 2 fully saturated rings. The Morgan fingerprint density at radius 1 is 1.26 bits per heavy atom. The highest BCUT2D eigenvalue weighted by Gasteiger charge is 2.41. The van der Waals surface area contributed by atoms with Gasteiger partial charge in [-0.3, -0.25) is 4.79 Å². The van der Waals surface area contributed by atoms with Gasteiger partial charge >= 0.3 is 5.97 Å². The number of rotatable bonds is 3. The lowest BCUT2D eigenvalue weighted by atomic mass is 10.0. The Labute approximate surface area is 112 Å². The molecule has 2 heterocycles. The van der Waals surface area contributed by atoms with E-state index < -0.39 is 0 Å². The molecular weight excluding hydrogens is 242 g/mol. The Kier molecular flexibility index (Phi) is 3.53. The van der Waals surface area contributed by atoms with Gasteiger partial charge in [0.25, 0.3) is 0 Å². The van der Waals surface area contributed by atoms with Gasteiger partial charge in [-0.15, -0.1) is 0 Å². The zero-order valence-electron chi connectivity index (χ0n) is 10.8. The molecule has 2 saturated heterocycles. The summed E-state index contributed by atoms with van der Waals surface area (Å²) in [6.45, 7) is 0. The van der Waals surface area contributed by atoms with Gasteiger partial charge in [-0.2, -0.15) is 0 Å². The molecule has 4 heteroatoms. The van der Waals surface area contributed by atoms with Crippen LogP contribution in [0.5, 0.6) is 0 Å². The Balaban J connectivity index is 1.56. The molecule has 0 radical (unpaired) electrons. The van der Waals surface area contributed by atoms with Crippen molar-refractivity contribution in [1.82, 2.24) is 5.32 Å². The Bertz CT molecular complexity index is 448. The van der Waals surface area contributed by atoms with Crippen LogP contribution >= 0.6 is 0 Å². The highest BCUT2D eigenvalue weighted by molar-refractivity contribution is 5.72. The van der Waals surface area contributed by atoms with Crippen LogP contribution in [0.15, 0.2) is 30.3 Å². The van der Waals surface area contributed by atoms with E-state index in [1.165, 1.54) is 0 Å². The second-order valence-corrected chi connectivity index (χ2v) is 5.52. The highest BCUT2D eigenvalue weighted by atomic mass is 16.5. The van der Waals surface area contributed by atoms with E-state index in [0.29, 0.717) is 18.9 Å². The maximum atomic E-state index is 11.9. The van der Waals surface area contributed by atoms with Crippen LogP contribution in [0.2, 0.25) is 0 Å². The van der Waals surface area contributed by atoms with E-state index in [1.54, 1.807) is 0 Å². The summed E-state index contributed by atoms with van der Waals surface area (Å²) in [7, 11) is 0. The van der Waals surface area contributed by atoms with Crippen molar-refractivity contribution in [2.75, 3.05) is 0 Å². The van der Waals surface area contributed by atoms with E-state index in [-0.39, 0.29) is 24.2 Å². The number of esters is 1. The molecule has 4 nitrogen and oxygen atoms in total. The van der Waals surface area contributed by atoms with Gasteiger partial charge in [0.2, 0.25) is 0 Å². The molecule has 0 saturated carbocycles. The fraction of sp³-hybridized carbons (Fsp3) is 0.533. The number of hydrogen-bond acceptors (Lipinski definition) is 4. The lowest BCUT2D eigenvalue weighted by Crippen LogP contribution is -2.43. The molecule has 0 amide bonds. The smallest absolute Gasteiger partial charge is 0.310 e. The third-order valence-corrected chi connectivity index (χ3v) is 3.97. The number of benzene rings is 1. The first-order valence-corrected chi connectivity index (χ1v) is 6.88. The fourth-order valence-corrected chi connectivity index (χ4v) is 3.13. The minimum Gasteiger partial charge on any atom is -0.460 e. The number of carbonyl (C=O) groups is 1. The molecule has 0 spiro atoms. The van der Waals surface area contributed by atoms with Crippen LogP contribution in [-0.4, -0.2) is 35.4 Å². The number of ether oxygens (including phenoxy) is 1. The van der Waals surface area contributed by atoms with Gasteiger partial charge in [0, 0.05) is 18.5 Å². The molecule has 4 unspecified atom stereocenters. The maximum absolute atomic E-state index is 11.9. The molecule has 3 rings (SSSR count). The van der Waals surface area contributed by atoms with Crippen LogP contribution < -0.4 is 5.32 Å². The summed E-state index contributed by atoms with van der Waals surface area (Å²) < 4.78 is 5.56. The standard InChI is InChI=1S/C15H19NO3/c17-12-7-11-8-14(13(9-12)16-11)19-15(18)6-10-4-2-1-3-5-10/h1-5,11-14,16-17H,6-9H2. The molecule has 0 aliphatic carbocycles. The fourth-order valence-electron chi connectivity index (χ4n) is 3.13. The van der Waals surface area contributed by atoms with E-state index in [1.807, 2.05) is 30.3 Å². The molecule has 102 valence electrons. The number of fused-ring (bicyclic) bond motifs is 2. The quantitative estimate of drug-likeness (QED) is 0.798. The summed E-state index contributed by atoms with van der Waals surface area (Å²) in [4.78, 5) is 11.9. The maximum Gasteiger partial charge on any atom is 0.310 e. The van der Waals surface area contributed by atoms with E-state index in [2.05, 4.69) is 5.32 Å². The third kappa shape index (κ3) is 2.96. The van der Waals surface area contributed by atoms with Crippen LogP contribution in [0.4, 0.5) is 0 Å². The van der Waals surface area contributed by atoms with Crippen molar-refractivity contribution in [2.45, 2.75) is 50.0 Å². The zero-order chi connectivity index (χ0) is 13.2. The Hall–Kier alpha value is -1.39. The number of piperidine rings is 1. The Morgan fingerprint density at radius 3 is 2.84 bits per heavy atom. The summed E-state index contributed by atoms with van der Waals surface area (Å²) in [6.07, 6.45) is 2.25. The second-order valence-electron chi connectivity index (χ2n) is 5.52. The van der Waals surface area contributed by atoms with E-state index in [4.69, 9.17) is 4.74 Å². The van der Waals surface area contributed by atoms with Gasteiger partial charge in [0.05, 0.1) is 12.5 Å². The molecular formula is C15H19NO3. The van der Waals surface area contributed by atoms with Crippen molar-refractivity contribution in [3.05, 3.63) is 35.9 Å². The van der Waals surface area contributed by atoms with Crippen molar-refractivity contribution in [3.63, 3.8) is 0 Å². The van der Waals surface area contributed by atoms with Gasteiger partial charge in [-0.1, -0.05) is 30.3 Å². The van der Waals surface area contributed by atoms with Crippen molar-refractivity contribution >= 4 is 5.97 Å². The van der Waals surface area contributed by atoms with Gasteiger partial charge in [-0.05, 0) is 18.4 Å². The average Bonchev–Trinajstić information content (AvgIpc) is 2.65. The Morgan fingerprint density at radius 2 is 2.05 bits per heavy atom. The summed E-state index contributed by atoms with van der Waals surface area (Å²) in [6, 6.07) is 10.0. The van der Waals surface area contributed by atoms with Crippen molar-refractivity contribution < 1.29 is 14.6 Å². The summed E-state index contributed by atoms with van der Waals surface area (Å²) in [5.74, 6) is -0.181. The monoisotopic (exact) mass is 261 g/mol. The van der Waals surface area contributed by atoms with E-state index >= 15 is 0 Å². The lowest BCUT2D eigenvalue weighted by molar-refractivity contribution is -0.148. The van der Waals surface area contributed by atoms with Crippen molar-refractivity contribution in [2.24, 2.45) is 0 Å². The first-order valence-electron chi connectivity index (χ1n) is 6.88. The highest BCUT2D eigenvalue weighted by Crippen LogP contribution is 2.29. The van der Waals surface area contributed by atoms with Crippen molar-refractivity contribution in [3.8, 4) is 0 Å². The van der Waals surface area contributed by atoms with Crippen LogP contribution in [0.1, 0.15) is 24.8 Å². The number of aliphatic hydroxyl groups is 1. The number of aliphatic hydroxyl groups excluding tert-OH is 1. The first-order chi connectivity index (χ1) is 9.20. The van der Waals surface area contributed by atoms with E-state index in [9.17, 15) is 9.90 Å². The van der Waals surface area contributed by atoms with E-state index in [0.717, 1.165) is 18.4 Å². The topological polar surface area (TPSA) is 58.6 Å². The number of hydrogen-bond donors (Lipinski definition) is 2. The zero-order valence-corrected chi connectivity index (χ0v) is 10.8. The second kappa shape index (κ2) is 5.31. The largest absolute Gasteiger partial charge is 0.460 e.